The number of hydrogen-bond donors (Lipinski definition) is 0. The first-order chi connectivity index (χ1) is 7.97. The van der Waals surface area contributed by atoms with Gasteiger partial charge in [-0.25, -0.2) is 0 Å². The van der Waals surface area contributed by atoms with Crippen molar-refractivity contribution in [2.24, 2.45) is 0 Å². The van der Waals surface area contributed by atoms with E-state index in [2.05, 4.69) is 78.6 Å². The van der Waals surface area contributed by atoms with E-state index >= 15 is 0 Å². The lowest BCUT2D eigenvalue weighted by Gasteiger charge is -2.47. The van der Waals surface area contributed by atoms with Crippen LogP contribution in [0.4, 0.5) is 0 Å². The van der Waals surface area contributed by atoms with Crippen LogP contribution in [0.3, 0.4) is 0 Å². The predicted octanol–water partition coefficient (Wildman–Crippen LogP) is 5.91. The molecule has 0 nitrogen and oxygen atoms in total. The highest BCUT2D eigenvalue weighted by molar-refractivity contribution is 7.56. The van der Waals surface area contributed by atoms with Crippen LogP contribution in [0.1, 0.15) is 0 Å². The first-order valence-corrected chi connectivity index (χ1v) is 23.2. The average Bonchev–Trinajstić information content (AvgIpc) is 1.91. The summed E-state index contributed by atoms with van der Waals surface area (Å²) in [6.45, 7) is 31.4. The summed E-state index contributed by atoms with van der Waals surface area (Å²) in [4.78, 5) is 2.23. The van der Waals surface area contributed by atoms with Crippen LogP contribution in [0.2, 0.25) is 78.6 Å². The summed E-state index contributed by atoms with van der Waals surface area (Å²) in [5.41, 5.74) is 0. The van der Waals surface area contributed by atoms with Crippen LogP contribution in [0.25, 0.3) is 0 Å². The molecule has 0 saturated carbocycles. The van der Waals surface area contributed by atoms with Gasteiger partial charge in [-0.15, -0.1) is 8.58 Å². The van der Waals surface area contributed by atoms with Crippen LogP contribution in [-0.2, 0) is 0 Å². The van der Waals surface area contributed by atoms with Crippen molar-refractivity contribution in [3.05, 3.63) is 0 Å². The summed E-state index contributed by atoms with van der Waals surface area (Å²) in [7, 11) is -2.83. The number of hydrogen-bond acceptors (Lipinski definition) is 0. The van der Waals surface area contributed by atoms with Crippen LogP contribution in [0, 0.1) is 0 Å². The Bertz CT molecular complexity index is 231. The van der Waals surface area contributed by atoms with Crippen molar-refractivity contribution in [1.29, 1.82) is 0 Å². The Morgan fingerprint density at radius 3 is 0.684 bits per heavy atom. The molecule has 0 N–H and O–H groups in total. The van der Waals surface area contributed by atoms with Gasteiger partial charge in [-0.2, -0.15) is 0 Å². The molecular formula is C14H39PSi4. The van der Waals surface area contributed by atoms with Crippen molar-refractivity contribution < 1.29 is 0 Å². The SMILES string of the molecule is C[Si](C)(C)C(PC([Si](C)(C)C)[Si](C)(C)C)[Si](C)(C)C. The van der Waals surface area contributed by atoms with Crippen LogP contribution < -0.4 is 0 Å². The van der Waals surface area contributed by atoms with Crippen molar-refractivity contribution in [2.45, 2.75) is 88.4 Å². The van der Waals surface area contributed by atoms with Crippen LogP contribution in [0.5, 0.6) is 0 Å². The van der Waals surface area contributed by atoms with Gasteiger partial charge in [0.1, 0.15) is 0 Å². The summed E-state index contributed by atoms with van der Waals surface area (Å²) in [5, 5.41) is 0. The van der Waals surface area contributed by atoms with Crippen LogP contribution >= 0.6 is 8.58 Å². The highest BCUT2D eigenvalue weighted by Gasteiger charge is 2.45. The van der Waals surface area contributed by atoms with E-state index in [9.17, 15) is 0 Å². The van der Waals surface area contributed by atoms with Gasteiger partial charge in [0.15, 0.2) is 0 Å². The molecule has 0 aliphatic heterocycles. The molecular weight excluding hydrogens is 311 g/mol. The van der Waals surface area contributed by atoms with E-state index in [-0.39, 0.29) is 0 Å². The monoisotopic (exact) mass is 350 g/mol. The Morgan fingerprint density at radius 1 is 0.421 bits per heavy atom. The zero-order valence-electron chi connectivity index (χ0n) is 15.7. The summed E-state index contributed by atoms with van der Waals surface area (Å²) in [5.74, 6) is 0. The molecule has 0 bridgehead atoms. The molecule has 0 heterocycles. The molecule has 0 fully saturated rings. The lowest BCUT2D eigenvalue weighted by molar-refractivity contribution is 1.40. The van der Waals surface area contributed by atoms with E-state index in [1.165, 1.54) is 8.58 Å². The Balaban J connectivity index is 5.43. The average molecular weight is 351 g/mol. The second-order valence-electron chi connectivity index (χ2n) is 10.5. The minimum Gasteiger partial charge on any atom is -0.127 e. The Kier molecular flexibility index (Phi) is 6.62. The third-order valence-electron chi connectivity index (χ3n) is 3.80. The van der Waals surface area contributed by atoms with Crippen molar-refractivity contribution in [1.82, 2.24) is 0 Å². The quantitative estimate of drug-likeness (QED) is 0.412. The number of rotatable bonds is 6. The van der Waals surface area contributed by atoms with Crippen molar-refractivity contribution >= 4 is 40.9 Å². The van der Waals surface area contributed by atoms with Gasteiger partial charge in [-0.1, -0.05) is 78.6 Å². The predicted molar refractivity (Wildman–Crippen MR) is 109 cm³/mol. The third-order valence-corrected chi connectivity index (χ3v) is 34.2. The smallest absolute Gasteiger partial charge is 0.0488 e. The molecule has 0 atom stereocenters. The second kappa shape index (κ2) is 6.19. The Morgan fingerprint density at radius 2 is 0.579 bits per heavy atom. The van der Waals surface area contributed by atoms with Crippen LogP contribution in [0.15, 0.2) is 0 Å². The van der Waals surface area contributed by atoms with Gasteiger partial charge in [0, 0.05) is 32.3 Å². The van der Waals surface area contributed by atoms with E-state index in [0.29, 0.717) is 0 Å². The highest BCUT2D eigenvalue weighted by atomic mass is 31.1. The van der Waals surface area contributed by atoms with E-state index in [4.69, 9.17) is 0 Å². The topological polar surface area (TPSA) is 0 Å². The van der Waals surface area contributed by atoms with E-state index in [1.807, 2.05) is 0 Å². The van der Waals surface area contributed by atoms with Gasteiger partial charge in [-0.3, -0.25) is 0 Å². The highest BCUT2D eigenvalue weighted by Crippen LogP contribution is 2.44. The van der Waals surface area contributed by atoms with Gasteiger partial charge in [0.25, 0.3) is 0 Å². The molecule has 0 aromatic rings. The van der Waals surface area contributed by atoms with E-state index < -0.39 is 32.3 Å². The van der Waals surface area contributed by atoms with Crippen molar-refractivity contribution in [3.8, 4) is 0 Å². The van der Waals surface area contributed by atoms with E-state index in [0.717, 1.165) is 9.81 Å². The molecule has 0 aromatic heterocycles. The fourth-order valence-electron chi connectivity index (χ4n) is 3.76. The zero-order valence-corrected chi connectivity index (χ0v) is 20.7. The molecule has 0 saturated heterocycles. The molecule has 0 aromatic carbocycles. The molecule has 0 aliphatic rings. The van der Waals surface area contributed by atoms with Crippen molar-refractivity contribution in [2.75, 3.05) is 0 Å². The maximum atomic E-state index is 2.62. The Hall–Kier alpha value is 1.30. The molecule has 0 unspecified atom stereocenters. The first-order valence-electron chi connectivity index (χ1n) is 7.73. The van der Waals surface area contributed by atoms with Gasteiger partial charge in [-0.05, 0) is 9.81 Å². The molecule has 0 aliphatic carbocycles. The lowest BCUT2D eigenvalue weighted by Crippen LogP contribution is -2.57. The molecule has 0 amide bonds. The lowest BCUT2D eigenvalue weighted by atomic mass is 11.7. The van der Waals surface area contributed by atoms with Gasteiger partial charge < -0.3 is 0 Å². The molecule has 0 spiro atoms. The summed E-state index contributed by atoms with van der Waals surface area (Å²) < 4.78 is 0. The fraction of sp³-hybridized carbons (Fsp3) is 1.00. The van der Waals surface area contributed by atoms with Gasteiger partial charge in [0.05, 0.1) is 0 Å². The largest absolute Gasteiger partial charge is 0.127 e. The minimum absolute atomic E-state index is 1.02. The summed E-state index contributed by atoms with van der Waals surface area (Å²) >= 11 is 0. The summed E-state index contributed by atoms with van der Waals surface area (Å²) in [6, 6.07) is 0. The second-order valence-corrected chi connectivity index (χ2v) is 36.7. The minimum atomic E-state index is -1.02. The molecule has 19 heavy (non-hydrogen) atoms. The molecule has 0 radical (unpaired) electrons. The standard InChI is InChI=1S/C14H39PSi4/c1-16(2,3)13(17(4,5)6)15-14(18(7,8)9)19(10,11)12/h13-15H,1-12H3. The molecule has 116 valence electrons. The molecule has 5 heteroatoms. The first kappa shape index (κ1) is 20.3. The third kappa shape index (κ3) is 6.73. The van der Waals surface area contributed by atoms with Gasteiger partial charge in [0.2, 0.25) is 0 Å². The maximum Gasteiger partial charge on any atom is 0.0488 e. The normalized spacial score (nSPS) is 15.5. The maximum absolute atomic E-state index is 2.62. The van der Waals surface area contributed by atoms with E-state index in [1.54, 1.807) is 0 Å². The zero-order chi connectivity index (χ0) is 15.9. The summed E-state index contributed by atoms with van der Waals surface area (Å²) in [6.07, 6.45) is 0. The Labute approximate surface area is 129 Å². The fourth-order valence-corrected chi connectivity index (χ4v) is 36.9. The van der Waals surface area contributed by atoms with Gasteiger partial charge >= 0.3 is 0 Å². The molecule has 0 rings (SSSR count). The van der Waals surface area contributed by atoms with Crippen LogP contribution in [-0.4, -0.2) is 42.1 Å². The van der Waals surface area contributed by atoms with Crippen molar-refractivity contribution in [3.63, 3.8) is 0 Å².